The number of unbranched alkanes of at least 4 members (excludes halogenated alkanes) is 1. The molecule has 0 aliphatic carbocycles. The van der Waals surface area contributed by atoms with Gasteiger partial charge in [-0.15, -0.1) is 0 Å². The van der Waals surface area contributed by atoms with Gasteiger partial charge in [-0.1, -0.05) is 19.9 Å². The number of carbonyl (C=O) groups excluding carboxylic acids is 2. The molecule has 9 nitrogen and oxygen atoms in total. The highest BCUT2D eigenvalue weighted by Gasteiger charge is 2.35. The van der Waals surface area contributed by atoms with Gasteiger partial charge < -0.3 is 20.3 Å². The van der Waals surface area contributed by atoms with E-state index in [4.69, 9.17) is 4.74 Å². The summed E-state index contributed by atoms with van der Waals surface area (Å²) in [6.45, 7) is 9.52. The second-order valence-corrected chi connectivity index (χ2v) is 9.19. The molecule has 2 aromatic rings. The van der Waals surface area contributed by atoms with Crippen LogP contribution in [0.5, 0.6) is 0 Å². The van der Waals surface area contributed by atoms with E-state index in [2.05, 4.69) is 41.0 Å². The number of aromatic nitrogens is 2. The van der Waals surface area contributed by atoms with E-state index in [9.17, 15) is 14.4 Å². The Balaban J connectivity index is 1.51. The molecule has 1 aromatic heterocycles. The van der Waals surface area contributed by atoms with E-state index in [1.165, 1.54) is 0 Å². The fourth-order valence-corrected chi connectivity index (χ4v) is 4.52. The number of anilines is 3. The van der Waals surface area contributed by atoms with E-state index in [0.717, 1.165) is 44.2 Å². The second kappa shape index (κ2) is 10.8. The van der Waals surface area contributed by atoms with Crippen LogP contribution in [0, 0.1) is 0 Å². The van der Waals surface area contributed by atoms with Crippen LogP contribution in [-0.2, 0) is 14.3 Å². The number of nitrogens with one attached hydrogen (secondary N) is 3. The van der Waals surface area contributed by atoms with Gasteiger partial charge in [0, 0.05) is 30.3 Å². The van der Waals surface area contributed by atoms with Crippen molar-refractivity contribution < 1.29 is 14.3 Å². The number of hydrogen-bond acceptors (Lipinski definition) is 6. The third-order valence-electron chi connectivity index (χ3n) is 6.58. The average Bonchev–Trinajstić information content (AvgIpc) is 2.84. The van der Waals surface area contributed by atoms with E-state index in [1.807, 2.05) is 17.0 Å². The lowest BCUT2D eigenvalue weighted by Gasteiger charge is -2.34. The molecule has 1 aromatic carbocycles. The highest BCUT2D eigenvalue weighted by molar-refractivity contribution is 6.04. The molecule has 0 bridgehead atoms. The lowest BCUT2D eigenvalue weighted by atomic mass is 9.92. The fraction of sp³-hybridized carbons (Fsp3) is 0.462. The van der Waals surface area contributed by atoms with Gasteiger partial charge in [-0.2, -0.15) is 4.98 Å². The van der Waals surface area contributed by atoms with E-state index in [0.29, 0.717) is 24.0 Å². The predicted octanol–water partition coefficient (Wildman–Crippen LogP) is 4.00. The standard InChI is InChI=1S/C26H33N5O4/c1-4-5-14-35-17(3)18-9-11-19(12-10-18)27-24(33)20-15-21(32)28-23-22(20)25(34)30-26(29-23)31-13-7-6-8-16(31)2/h9-12,16,20H,3-8,13-15H2,1-2H3,(H,27,33)(H2,28,29,30,32,34)/t16-,20-/m0/s1. The number of ether oxygens (including phenoxy) is 1. The third kappa shape index (κ3) is 5.55. The Morgan fingerprint density at radius 3 is 2.74 bits per heavy atom. The Bertz CT molecular complexity index is 1160. The molecule has 0 unspecified atom stereocenters. The van der Waals surface area contributed by atoms with Crippen molar-refractivity contribution in [3.05, 3.63) is 52.3 Å². The second-order valence-electron chi connectivity index (χ2n) is 9.19. The Hall–Kier alpha value is -3.62. The maximum atomic E-state index is 13.1. The first-order valence-corrected chi connectivity index (χ1v) is 12.3. The molecule has 0 spiro atoms. The van der Waals surface area contributed by atoms with Crippen LogP contribution < -0.4 is 21.1 Å². The molecule has 4 rings (SSSR count). The molecule has 9 heteroatoms. The quantitative estimate of drug-likeness (QED) is 0.389. The number of amides is 2. The summed E-state index contributed by atoms with van der Waals surface area (Å²) in [5.74, 6) is -0.545. The van der Waals surface area contributed by atoms with Crippen molar-refractivity contribution in [3.8, 4) is 0 Å². The molecular formula is C26H33N5O4. The van der Waals surface area contributed by atoms with E-state index >= 15 is 0 Å². The van der Waals surface area contributed by atoms with Gasteiger partial charge in [0.25, 0.3) is 5.56 Å². The van der Waals surface area contributed by atoms with Crippen LogP contribution >= 0.6 is 0 Å². The number of fused-ring (bicyclic) bond motifs is 1. The molecule has 1 fully saturated rings. The van der Waals surface area contributed by atoms with Gasteiger partial charge in [-0.05, 0) is 56.9 Å². The Morgan fingerprint density at radius 2 is 2.03 bits per heavy atom. The summed E-state index contributed by atoms with van der Waals surface area (Å²) in [5.41, 5.74) is 1.15. The molecule has 3 heterocycles. The van der Waals surface area contributed by atoms with Crippen LogP contribution in [0.15, 0.2) is 35.6 Å². The molecule has 0 saturated carbocycles. The molecular weight excluding hydrogens is 446 g/mol. The van der Waals surface area contributed by atoms with Crippen LogP contribution in [0.2, 0.25) is 0 Å². The lowest BCUT2D eigenvalue weighted by molar-refractivity contribution is -0.123. The maximum absolute atomic E-state index is 13.1. The highest BCUT2D eigenvalue weighted by Crippen LogP contribution is 2.31. The first-order valence-electron chi connectivity index (χ1n) is 12.3. The predicted molar refractivity (Wildman–Crippen MR) is 136 cm³/mol. The van der Waals surface area contributed by atoms with Crippen LogP contribution in [0.25, 0.3) is 5.76 Å². The number of benzene rings is 1. The molecule has 35 heavy (non-hydrogen) atoms. The van der Waals surface area contributed by atoms with Gasteiger partial charge in [0.2, 0.25) is 17.8 Å². The molecule has 0 radical (unpaired) electrons. The minimum atomic E-state index is -0.935. The minimum Gasteiger partial charge on any atom is -0.494 e. The summed E-state index contributed by atoms with van der Waals surface area (Å²) in [5, 5.41) is 5.51. The number of hydrogen-bond donors (Lipinski definition) is 3. The summed E-state index contributed by atoms with van der Waals surface area (Å²) in [6.07, 6.45) is 5.03. The largest absolute Gasteiger partial charge is 0.494 e. The van der Waals surface area contributed by atoms with Gasteiger partial charge in [-0.3, -0.25) is 19.4 Å². The van der Waals surface area contributed by atoms with Gasteiger partial charge in [-0.25, -0.2) is 0 Å². The number of carbonyl (C=O) groups is 2. The normalized spacial score (nSPS) is 19.5. The summed E-state index contributed by atoms with van der Waals surface area (Å²) in [7, 11) is 0. The smallest absolute Gasteiger partial charge is 0.258 e. The number of aromatic amines is 1. The number of H-pyrrole nitrogens is 1. The first-order chi connectivity index (χ1) is 16.9. The van der Waals surface area contributed by atoms with E-state index in [1.54, 1.807) is 12.1 Å². The summed E-state index contributed by atoms with van der Waals surface area (Å²) < 4.78 is 5.63. The van der Waals surface area contributed by atoms with E-state index in [-0.39, 0.29) is 29.8 Å². The molecule has 2 aliphatic rings. The number of piperidine rings is 1. The summed E-state index contributed by atoms with van der Waals surface area (Å²) >= 11 is 0. The monoisotopic (exact) mass is 479 g/mol. The van der Waals surface area contributed by atoms with Gasteiger partial charge in [0.1, 0.15) is 11.6 Å². The molecule has 186 valence electrons. The highest BCUT2D eigenvalue weighted by atomic mass is 16.5. The van der Waals surface area contributed by atoms with Crippen molar-refractivity contribution in [2.75, 3.05) is 28.7 Å². The van der Waals surface area contributed by atoms with Crippen LogP contribution in [0.1, 0.15) is 69.4 Å². The van der Waals surface area contributed by atoms with Crippen molar-refractivity contribution in [2.45, 2.75) is 64.3 Å². The zero-order valence-electron chi connectivity index (χ0n) is 20.4. The minimum absolute atomic E-state index is 0.122. The van der Waals surface area contributed by atoms with Crippen LogP contribution in [0.3, 0.4) is 0 Å². The van der Waals surface area contributed by atoms with E-state index < -0.39 is 17.4 Å². The summed E-state index contributed by atoms with van der Waals surface area (Å²) in [4.78, 5) is 48.0. The molecule has 2 amide bonds. The topological polar surface area (TPSA) is 116 Å². The Labute approximate surface area is 205 Å². The summed E-state index contributed by atoms with van der Waals surface area (Å²) in [6, 6.07) is 7.35. The number of rotatable bonds is 8. The zero-order chi connectivity index (χ0) is 24.9. The molecule has 2 aliphatic heterocycles. The molecule has 3 N–H and O–H groups in total. The SMILES string of the molecule is C=C(OCCCC)c1ccc(NC(=O)[C@H]2CC(=O)Nc3nc(N4CCCC[C@@H]4C)[nH]c(=O)c32)cc1. The van der Waals surface area contributed by atoms with Crippen molar-refractivity contribution in [3.63, 3.8) is 0 Å². The Morgan fingerprint density at radius 1 is 1.26 bits per heavy atom. The average molecular weight is 480 g/mol. The fourth-order valence-electron chi connectivity index (χ4n) is 4.52. The van der Waals surface area contributed by atoms with Gasteiger partial charge in [0.15, 0.2) is 0 Å². The maximum Gasteiger partial charge on any atom is 0.258 e. The van der Waals surface area contributed by atoms with Crippen molar-refractivity contribution in [2.24, 2.45) is 0 Å². The molecule has 2 atom stereocenters. The van der Waals surface area contributed by atoms with Crippen LogP contribution in [0.4, 0.5) is 17.5 Å². The molecule has 1 saturated heterocycles. The van der Waals surface area contributed by atoms with Crippen molar-refractivity contribution in [1.82, 2.24) is 9.97 Å². The zero-order valence-corrected chi connectivity index (χ0v) is 20.4. The Kier molecular flexibility index (Phi) is 7.53. The van der Waals surface area contributed by atoms with Crippen LogP contribution in [-0.4, -0.2) is 41.0 Å². The van der Waals surface area contributed by atoms with Crippen molar-refractivity contribution >= 4 is 35.0 Å². The van der Waals surface area contributed by atoms with Crippen molar-refractivity contribution in [1.29, 1.82) is 0 Å². The number of nitrogens with zero attached hydrogens (tertiary/aromatic N) is 2. The first kappa shape index (κ1) is 24.5. The lowest BCUT2D eigenvalue weighted by Crippen LogP contribution is -2.41. The van der Waals surface area contributed by atoms with Gasteiger partial charge in [0.05, 0.1) is 18.1 Å². The van der Waals surface area contributed by atoms with Gasteiger partial charge >= 0.3 is 0 Å². The third-order valence-corrected chi connectivity index (χ3v) is 6.58.